The number of benzene rings is 1. The highest BCUT2D eigenvalue weighted by Crippen LogP contribution is 2.30. The molecule has 4 heteroatoms. The van der Waals surface area contributed by atoms with Crippen molar-refractivity contribution in [1.82, 2.24) is 4.98 Å². The Hall–Kier alpha value is -1.84. The lowest BCUT2D eigenvalue weighted by Gasteiger charge is -2.07. The molecule has 0 aliphatic rings. The van der Waals surface area contributed by atoms with Crippen molar-refractivity contribution in [3.63, 3.8) is 0 Å². The number of methoxy groups -OCH3 is 1. The zero-order chi connectivity index (χ0) is 10.1. The molecule has 1 heterocycles. The molecule has 0 atom stereocenters. The second kappa shape index (κ2) is 3.14. The molecule has 0 radical (unpaired) electrons. The van der Waals surface area contributed by atoms with Crippen molar-refractivity contribution in [3.8, 4) is 5.75 Å². The molecule has 0 amide bonds. The van der Waals surface area contributed by atoms with Gasteiger partial charge in [0, 0.05) is 23.3 Å². The molecule has 14 heavy (non-hydrogen) atoms. The van der Waals surface area contributed by atoms with Gasteiger partial charge in [0.1, 0.15) is 5.52 Å². The summed E-state index contributed by atoms with van der Waals surface area (Å²) in [4.78, 5) is 4.03. The molecule has 0 saturated carbocycles. The molecule has 1 aromatic heterocycles. The predicted molar refractivity (Wildman–Crippen MR) is 52.7 cm³/mol. The van der Waals surface area contributed by atoms with E-state index in [2.05, 4.69) is 4.98 Å². The summed E-state index contributed by atoms with van der Waals surface area (Å²) in [5, 5.41) is 0.700. The molecule has 0 saturated heterocycles. The molecule has 1 aromatic carbocycles. The van der Waals surface area contributed by atoms with Gasteiger partial charge in [-0.25, -0.2) is 4.39 Å². The molecular formula is C10H9FN2O. The summed E-state index contributed by atoms with van der Waals surface area (Å²) in [6.45, 7) is 0. The average molecular weight is 192 g/mol. The Morgan fingerprint density at radius 3 is 3.00 bits per heavy atom. The Balaban J connectivity index is 2.90. The molecule has 0 aliphatic heterocycles. The minimum absolute atomic E-state index is 0.134. The average Bonchev–Trinajstić information content (AvgIpc) is 2.18. The maximum absolute atomic E-state index is 13.3. The first-order valence-corrected chi connectivity index (χ1v) is 4.10. The number of nitrogen functional groups attached to an aromatic ring is 1. The summed E-state index contributed by atoms with van der Waals surface area (Å²) >= 11 is 0. The molecule has 2 rings (SSSR count). The van der Waals surface area contributed by atoms with Gasteiger partial charge < -0.3 is 10.5 Å². The Kier molecular flexibility index (Phi) is 1.96. The fourth-order valence-corrected chi connectivity index (χ4v) is 1.41. The van der Waals surface area contributed by atoms with Crippen molar-refractivity contribution < 1.29 is 9.13 Å². The molecule has 2 N–H and O–H groups in total. The van der Waals surface area contributed by atoms with E-state index in [4.69, 9.17) is 10.5 Å². The van der Waals surface area contributed by atoms with E-state index in [0.29, 0.717) is 16.6 Å². The number of rotatable bonds is 1. The number of hydrogen-bond donors (Lipinski definition) is 1. The van der Waals surface area contributed by atoms with Crippen LogP contribution in [0.1, 0.15) is 0 Å². The number of ether oxygens (including phenoxy) is 1. The lowest BCUT2D eigenvalue weighted by atomic mass is 10.1. The number of halogens is 1. The minimum atomic E-state index is -0.490. The Morgan fingerprint density at radius 1 is 1.50 bits per heavy atom. The number of nitrogens with zero attached hydrogens (tertiary/aromatic N) is 1. The highest BCUT2D eigenvalue weighted by Gasteiger charge is 2.11. The quantitative estimate of drug-likeness (QED) is 0.702. The van der Waals surface area contributed by atoms with Gasteiger partial charge in [0.2, 0.25) is 0 Å². The van der Waals surface area contributed by atoms with E-state index in [1.54, 1.807) is 18.3 Å². The summed E-state index contributed by atoms with van der Waals surface area (Å²) in [6, 6.07) is 4.76. The largest absolute Gasteiger partial charge is 0.491 e. The van der Waals surface area contributed by atoms with Crippen LogP contribution in [0.5, 0.6) is 5.75 Å². The van der Waals surface area contributed by atoms with Crippen LogP contribution in [0.2, 0.25) is 0 Å². The number of hydrogen-bond acceptors (Lipinski definition) is 3. The minimum Gasteiger partial charge on any atom is -0.491 e. The molecular weight excluding hydrogens is 183 g/mol. The normalized spacial score (nSPS) is 10.4. The summed E-state index contributed by atoms with van der Waals surface area (Å²) in [5.74, 6) is -0.356. The van der Waals surface area contributed by atoms with Gasteiger partial charge in [-0.05, 0) is 12.1 Å². The fourth-order valence-electron chi connectivity index (χ4n) is 1.41. The topological polar surface area (TPSA) is 48.1 Å². The van der Waals surface area contributed by atoms with Crippen LogP contribution in [0.25, 0.3) is 10.9 Å². The van der Waals surface area contributed by atoms with Gasteiger partial charge in [0.25, 0.3) is 0 Å². The standard InChI is InChI=1S/C10H9FN2O/c1-14-10-7(11)5-8(12)6-3-2-4-13-9(6)10/h2-5H,12H2,1H3. The lowest BCUT2D eigenvalue weighted by Crippen LogP contribution is -1.95. The summed E-state index contributed by atoms with van der Waals surface area (Å²) in [7, 11) is 1.41. The van der Waals surface area contributed by atoms with Crippen molar-refractivity contribution in [2.45, 2.75) is 0 Å². The van der Waals surface area contributed by atoms with E-state index in [-0.39, 0.29) is 5.75 Å². The van der Waals surface area contributed by atoms with Crippen LogP contribution in [0.4, 0.5) is 10.1 Å². The Labute approximate surface area is 80.3 Å². The van der Waals surface area contributed by atoms with Gasteiger partial charge in [-0.1, -0.05) is 0 Å². The number of fused-ring (bicyclic) bond motifs is 1. The molecule has 2 aromatic rings. The van der Waals surface area contributed by atoms with Gasteiger partial charge in [-0.3, -0.25) is 4.98 Å². The van der Waals surface area contributed by atoms with Crippen LogP contribution >= 0.6 is 0 Å². The van der Waals surface area contributed by atoms with Crippen LogP contribution in [0, 0.1) is 5.82 Å². The van der Waals surface area contributed by atoms with Crippen LogP contribution in [0.3, 0.4) is 0 Å². The Bertz CT molecular complexity index is 485. The van der Waals surface area contributed by atoms with E-state index < -0.39 is 5.82 Å². The zero-order valence-electron chi connectivity index (χ0n) is 7.62. The van der Waals surface area contributed by atoms with Crippen LogP contribution in [-0.4, -0.2) is 12.1 Å². The third-order valence-corrected chi connectivity index (χ3v) is 2.04. The third kappa shape index (κ3) is 1.16. The van der Waals surface area contributed by atoms with E-state index in [1.807, 2.05) is 0 Å². The molecule has 0 fully saturated rings. The number of anilines is 1. The van der Waals surface area contributed by atoms with E-state index in [1.165, 1.54) is 13.2 Å². The van der Waals surface area contributed by atoms with Gasteiger partial charge >= 0.3 is 0 Å². The monoisotopic (exact) mass is 192 g/mol. The van der Waals surface area contributed by atoms with E-state index in [0.717, 1.165) is 0 Å². The summed E-state index contributed by atoms with van der Waals surface area (Å²) in [5.41, 5.74) is 6.46. The van der Waals surface area contributed by atoms with Crippen LogP contribution < -0.4 is 10.5 Å². The first-order chi connectivity index (χ1) is 6.74. The molecule has 3 nitrogen and oxygen atoms in total. The molecule has 0 aliphatic carbocycles. The summed E-state index contributed by atoms with van der Waals surface area (Å²) in [6.07, 6.45) is 1.57. The summed E-state index contributed by atoms with van der Waals surface area (Å²) < 4.78 is 18.3. The maximum Gasteiger partial charge on any atom is 0.180 e. The fraction of sp³-hybridized carbons (Fsp3) is 0.100. The van der Waals surface area contributed by atoms with Gasteiger partial charge in [-0.15, -0.1) is 0 Å². The lowest BCUT2D eigenvalue weighted by molar-refractivity contribution is 0.391. The molecule has 0 unspecified atom stereocenters. The smallest absolute Gasteiger partial charge is 0.180 e. The first-order valence-electron chi connectivity index (χ1n) is 4.10. The van der Waals surface area contributed by atoms with Gasteiger partial charge in [-0.2, -0.15) is 0 Å². The second-order valence-electron chi connectivity index (χ2n) is 2.88. The van der Waals surface area contributed by atoms with Crippen molar-refractivity contribution in [2.75, 3.05) is 12.8 Å². The van der Waals surface area contributed by atoms with Crippen molar-refractivity contribution in [3.05, 3.63) is 30.2 Å². The molecule has 0 bridgehead atoms. The first kappa shape index (κ1) is 8.74. The highest BCUT2D eigenvalue weighted by atomic mass is 19.1. The zero-order valence-corrected chi connectivity index (χ0v) is 7.62. The van der Waals surface area contributed by atoms with Crippen molar-refractivity contribution >= 4 is 16.6 Å². The third-order valence-electron chi connectivity index (χ3n) is 2.04. The van der Waals surface area contributed by atoms with Crippen molar-refractivity contribution in [2.24, 2.45) is 0 Å². The Morgan fingerprint density at radius 2 is 2.29 bits per heavy atom. The van der Waals surface area contributed by atoms with Gasteiger partial charge in [0.15, 0.2) is 11.6 Å². The van der Waals surface area contributed by atoms with Crippen LogP contribution in [0.15, 0.2) is 24.4 Å². The van der Waals surface area contributed by atoms with E-state index in [9.17, 15) is 4.39 Å². The van der Waals surface area contributed by atoms with Gasteiger partial charge in [0.05, 0.1) is 7.11 Å². The molecule has 72 valence electrons. The second-order valence-corrected chi connectivity index (χ2v) is 2.88. The number of nitrogens with two attached hydrogens (primary N) is 1. The number of pyridine rings is 1. The SMILES string of the molecule is COc1c(F)cc(N)c2cccnc12. The van der Waals surface area contributed by atoms with E-state index >= 15 is 0 Å². The molecule has 0 spiro atoms. The van der Waals surface area contributed by atoms with Crippen LogP contribution in [-0.2, 0) is 0 Å². The highest BCUT2D eigenvalue weighted by molar-refractivity contribution is 5.94. The van der Waals surface area contributed by atoms with Crippen molar-refractivity contribution in [1.29, 1.82) is 0 Å². The number of aromatic nitrogens is 1. The maximum atomic E-state index is 13.3. The predicted octanol–water partition coefficient (Wildman–Crippen LogP) is 1.96.